The fourth-order valence-corrected chi connectivity index (χ4v) is 2.92. The Hall–Kier alpha value is -1.36. The van der Waals surface area contributed by atoms with Gasteiger partial charge >= 0.3 is 0 Å². The molecule has 0 saturated heterocycles. The molecule has 5 nitrogen and oxygen atoms in total. The number of nitrogens with one attached hydrogen (secondary N) is 2. The molecule has 21 heavy (non-hydrogen) atoms. The van der Waals surface area contributed by atoms with E-state index in [1.807, 2.05) is 6.92 Å². The quantitative estimate of drug-likeness (QED) is 0.586. The Morgan fingerprint density at radius 1 is 1.19 bits per heavy atom. The molecule has 1 saturated carbocycles. The van der Waals surface area contributed by atoms with E-state index in [0.717, 1.165) is 35.6 Å². The zero-order valence-electron chi connectivity index (χ0n) is 14.0. The van der Waals surface area contributed by atoms with Crippen LogP contribution in [0.15, 0.2) is 0 Å². The average Bonchev–Trinajstić information content (AvgIpc) is 2.82. The molecule has 118 valence electrons. The minimum Gasteiger partial charge on any atom is -0.369 e. The Morgan fingerprint density at radius 2 is 1.86 bits per heavy atom. The van der Waals surface area contributed by atoms with E-state index < -0.39 is 0 Å². The number of hydrazine groups is 1. The van der Waals surface area contributed by atoms with Crippen LogP contribution in [0.4, 0.5) is 11.6 Å². The van der Waals surface area contributed by atoms with Crippen molar-refractivity contribution < 1.29 is 0 Å². The van der Waals surface area contributed by atoms with Gasteiger partial charge in [0.2, 0.25) is 0 Å². The molecule has 4 N–H and O–H groups in total. The van der Waals surface area contributed by atoms with Crippen LogP contribution in [0.25, 0.3) is 0 Å². The van der Waals surface area contributed by atoms with Crippen LogP contribution in [0, 0.1) is 18.8 Å². The monoisotopic (exact) mass is 291 g/mol. The lowest BCUT2D eigenvalue weighted by molar-refractivity contribution is 0.532. The van der Waals surface area contributed by atoms with E-state index in [-0.39, 0.29) is 5.41 Å². The van der Waals surface area contributed by atoms with Gasteiger partial charge in [0.15, 0.2) is 0 Å². The highest BCUT2D eigenvalue weighted by Gasteiger charge is 2.23. The third-order valence-electron chi connectivity index (χ3n) is 4.31. The second kappa shape index (κ2) is 6.18. The molecule has 1 fully saturated rings. The Labute approximate surface area is 128 Å². The summed E-state index contributed by atoms with van der Waals surface area (Å²) in [6.07, 6.45) is 3.97. The molecular weight excluding hydrogens is 262 g/mol. The van der Waals surface area contributed by atoms with Crippen molar-refractivity contribution in [3.05, 3.63) is 11.4 Å². The number of anilines is 2. The van der Waals surface area contributed by atoms with Crippen LogP contribution < -0.4 is 16.6 Å². The van der Waals surface area contributed by atoms with Crippen LogP contribution in [0.1, 0.15) is 58.3 Å². The Kier molecular flexibility index (Phi) is 4.71. The average molecular weight is 291 g/mol. The van der Waals surface area contributed by atoms with Crippen molar-refractivity contribution in [2.24, 2.45) is 17.7 Å². The molecule has 2 rings (SSSR count). The lowest BCUT2D eigenvalue weighted by Gasteiger charge is -2.21. The number of aromatic nitrogens is 2. The van der Waals surface area contributed by atoms with Gasteiger partial charge in [-0.25, -0.2) is 15.8 Å². The summed E-state index contributed by atoms with van der Waals surface area (Å²) < 4.78 is 0. The first-order chi connectivity index (χ1) is 9.81. The standard InChI is InChI=1S/C16H29N5/c1-10-6-7-12(8-10)9-18-13-11(2)14(21-17)20-15(19-13)16(3,4)5/h10,12H,6-9,17H2,1-5H3,(H2,18,19,20,21). The van der Waals surface area contributed by atoms with Crippen LogP contribution in [0.3, 0.4) is 0 Å². The van der Waals surface area contributed by atoms with Crippen molar-refractivity contribution in [2.45, 2.75) is 59.3 Å². The van der Waals surface area contributed by atoms with Crippen LogP contribution in [-0.2, 0) is 5.41 Å². The molecule has 0 amide bonds. The van der Waals surface area contributed by atoms with Gasteiger partial charge in [-0.2, -0.15) is 0 Å². The number of nitrogens with zero attached hydrogens (tertiary/aromatic N) is 2. The van der Waals surface area contributed by atoms with Crippen LogP contribution in [-0.4, -0.2) is 16.5 Å². The third-order valence-corrected chi connectivity index (χ3v) is 4.31. The van der Waals surface area contributed by atoms with E-state index >= 15 is 0 Å². The van der Waals surface area contributed by atoms with E-state index in [1.165, 1.54) is 19.3 Å². The normalized spacial score (nSPS) is 22.4. The summed E-state index contributed by atoms with van der Waals surface area (Å²) >= 11 is 0. The molecule has 0 spiro atoms. The van der Waals surface area contributed by atoms with Crippen molar-refractivity contribution in [2.75, 3.05) is 17.3 Å². The van der Waals surface area contributed by atoms with Crippen LogP contribution in [0.2, 0.25) is 0 Å². The summed E-state index contributed by atoms with van der Waals surface area (Å²) in [6, 6.07) is 0. The Morgan fingerprint density at radius 3 is 2.38 bits per heavy atom. The summed E-state index contributed by atoms with van der Waals surface area (Å²) in [5, 5.41) is 3.52. The number of nitrogens with two attached hydrogens (primary N) is 1. The number of hydrogen-bond donors (Lipinski definition) is 3. The van der Waals surface area contributed by atoms with Gasteiger partial charge in [-0.05, 0) is 31.6 Å². The van der Waals surface area contributed by atoms with Crippen molar-refractivity contribution in [3.8, 4) is 0 Å². The number of hydrogen-bond acceptors (Lipinski definition) is 5. The first-order valence-electron chi connectivity index (χ1n) is 7.91. The lowest BCUT2D eigenvalue weighted by atomic mass is 9.95. The van der Waals surface area contributed by atoms with Gasteiger partial charge in [0.05, 0.1) is 0 Å². The minimum absolute atomic E-state index is 0.0996. The van der Waals surface area contributed by atoms with E-state index in [0.29, 0.717) is 5.82 Å². The van der Waals surface area contributed by atoms with Crippen molar-refractivity contribution in [1.82, 2.24) is 9.97 Å². The van der Waals surface area contributed by atoms with E-state index in [9.17, 15) is 0 Å². The highest BCUT2D eigenvalue weighted by Crippen LogP contribution is 2.31. The Balaban J connectivity index is 2.17. The maximum atomic E-state index is 5.60. The first-order valence-corrected chi connectivity index (χ1v) is 7.91. The van der Waals surface area contributed by atoms with E-state index in [4.69, 9.17) is 10.8 Å². The summed E-state index contributed by atoms with van der Waals surface area (Å²) in [5.74, 6) is 9.63. The van der Waals surface area contributed by atoms with Crippen molar-refractivity contribution >= 4 is 11.6 Å². The zero-order valence-corrected chi connectivity index (χ0v) is 14.0. The minimum atomic E-state index is -0.0996. The smallest absolute Gasteiger partial charge is 0.148 e. The molecule has 1 heterocycles. The molecule has 0 aromatic carbocycles. The van der Waals surface area contributed by atoms with Gasteiger partial charge in [0.1, 0.15) is 17.5 Å². The molecule has 0 bridgehead atoms. The fourth-order valence-electron chi connectivity index (χ4n) is 2.92. The molecule has 1 aliphatic rings. The van der Waals surface area contributed by atoms with Crippen LogP contribution >= 0.6 is 0 Å². The highest BCUT2D eigenvalue weighted by molar-refractivity contribution is 5.57. The molecule has 1 aromatic heterocycles. The molecule has 1 aromatic rings. The second-order valence-electron chi connectivity index (χ2n) is 7.43. The Bertz CT molecular complexity index is 492. The molecule has 0 aliphatic heterocycles. The molecule has 2 atom stereocenters. The van der Waals surface area contributed by atoms with Gasteiger partial charge in [0.25, 0.3) is 0 Å². The summed E-state index contributed by atoms with van der Waals surface area (Å²) in [7, 11) is 0. The number of nitrogen functional groups attached to an aromatic ring is 1. The van der Waals surface area contributed by atoms with Gasteiger partial charge < -0.3 is 10.7 Å². The molecule has 2 unspecified atom stereocenters. The molecule has 1 aliphatic carbocycles. The predicted octanol–water partition coefficient (Wildman–Crippen LogP) is 3.22. The zero-order chi connectivity index (χ0) is 15.6. The summed E-state index contributed by atoms with van der Waals surface area (Å²) in [4.78, 5) is 9.24. The predicted molar refractivity (Wildman–Crippen MR) is 88.3 cm³/mol. The van der Waals surface area contributed by atoms with Crippen molar-refractivity contribution in [1.29, 1.82) is 0 Å². The maximum absolute atomic E-state index is 5.60. The van der Waals surface area contributed by atoms with Crippen molar-refractivity contribution in [3.63, 3.8) is 0 Å². The number of rotatable bonds is 4. The second-order valence-corrected chi connectivity index (χ2v) is 7.43. The van der Waals surface area contributed by atoms with Crippen LogP contribution in [0.5, 0.6) is 0 Å². The van der Waals surface area contributed by atoms with E-state index in [1.54, 1.807) is 0 Å². The molecule has 5 heteroatoms. The largest absolute Gasteiger partial charge is 0.369 e. The third kappa shape index (κ3) is 3.84. The van der Waals surface area contributed by atoms with Gasteiger partial charge in [-0.15, -0.1) is 0 Å². The van der Waals surface area contributed by atoms with Gasteiger partial charge in [-0.3, -0.25) is 0 Å². The fraction of sp³-hybridized carbons (Fsp3) is 0.750. The summed E-state index contributed by atoms with van der Waals surface area (Å²) in [5.41, 5.74) is 3.58. The lowest BCUT2D eigenvalue weighted by Crippen LogP contribution is -2.22. The van der Waals surface area contributed by atoms with Gasteiger partial charge in [0, 0.05) is 17.5 Å². The maximum Gasteiger partial charge on any atom is 0.148 e. The molecular formula is C16H29N5. The SMILES string of the molecule is Cc1c(NN)nc(C(C)(C)C)nc1NCC1CCC(C)C1. The van der Waals surface area contributed by atoms with Gasteiger partial charge in [-0.1, -0.05) is 34.1 Å². The summed E-state index contributed by atoms with van der Waals surface area (Å²) in [6.45, 7) is 11.7. The highest BCUT2D eigenvalue weighted by atomic mass is 15.3. The first kappa shape index (κ1) is 16.0. The topological polar surface area (TPSA) is 75.9 Å². The van der Waals surface area contributed by atoms with E-state index in [2.05, 4.69) is 43.4 Å². The molecule has 0 radical (unpaired) electrons.